The Balaban J connectivity index is 3.68. The van der Waals surface area contributed by atoms with Crippen molar-refractivity contribution in [3.05, 3.63) is 0 Å². The van der Waals surface area contributed by atoms with E-state index in [1.807, 2.05) is 13.8 Å². The van der Waals surface area contributed by atoms with Gasteiger partial charge in [0.25, 0.3) is 0 Å². The van der Waals surface area contributed by atoms with Crippen molar-refractivity contribution in [2.24, 2.45) is 17.6 Å². The van der Waals surface area contributed by atoms with Crippen LogP contribution in [0.5, 0.6) is 0 Å². The van der Waals surface area contributed by atoms with E-state index in [-0.39, 0.29) is 31.0 Å². The molecule has 1 unspecified atom stereocenters. The SMILES string of the molecule is CC(C)C(CN)C(=O)NCCOCC(=O)O. The van der Waals surface area contributed by atoms with Crippen molar-refractivity contribution in [1.29, 1.82) is 0 Å². The van der Waals surface area contributed by atoms with Crippen molar-refractivity contribution < 1.29 is 19.4 Å². The fraction of sp³-hybridized carbons (Fsp3) is 0.800. The third-order valence-electron chi connectivity index (χ3n) is 2.17. The number of nitrogens with one attached hydrogen (secondary N) is 1. The molecule has 0 bridgehead atoms. The molecule has 0 aliphatic carbocycles. The van der Waals surface area contributed by atoms with Gasteiger partial charge in [-0.1, -0.05) is 13.8 Å². The number of aliphatic carboxylic acids is 1. The van der Waals surface area contributed by atoms with E-state index < -0.39 is 5.97 Å². The molecule has 0 saturated carbocycles. The third kappa shape index (κ3) is 6.36. The van der Waals surface area contributed by atoms with Gasteiger partial charge in [-0.25, -0.2) is 4.79 Å². The summed E-state index contributed by atoms with van der Waals surface area (Å²) in [6, 6.07) is 0. The van der Waals surface area contributed by atoms with Gasteiger partial charge < -0.3 is 20.9 Å². The van der Waals surface area contributed by atoms with E-state index in [0.717, 1.165) is 0 Å². The number of rotatable bonds is 8. The van der Waals surface area contributed by atoms with Crippen LogP contribution in [0.25, 0.3) is 0 Å². The number of nitrogens with two attached hydrogens (primary N) is 1. The van der Waals surface area contributed by atoms with Crippen LogP contribution in [0.2, 0.25) is 0 Å². The number of carboxylic acids is 1. The van der Waals surface area contributed by atoms with Crippen LogP contribution in [0, 0.1) is 11.8 Å². The second kappa shape index (κ2) is 8.06. The molecule has 1 atom stereocenters. The first-order valence-corrected chi connectivity index (χ1v) is 5.26. The number of carbonyl (C=O) groups excluding carboxylic acids is 1. The van der Waals surface area contributed by atoms with Gasteiger partial charge in [-0.2, -0.15) is 0 Å². The van der Waals surface area contributed by atoms with Gasteiger partial charge >= 0.3 is 5.97 Å². The minimum Gasteiger partial charge on any atom is -0.480 e. The molecule has 6 nitrogen and oxygen atoms in total. The number of ether oxygens (including phenoxy) is 1. The first-order chi connectivity index (χ1) is 7.49. The molecule has 0 radical (unpaired) electrons. The maximum Gasteiger partial charge on any atom is 0.329 e. The first kappa shape index (κ1) is 14.9. The largest absolute Gasteiger partial charge is 0.480 e. The predicted molar refractivity (Wildman–Crippen MR) is 58.8 cm³/mol. The maximum absolute atomic E-state index is 11.5. The molecule has 4 N–H and O–H groups in total. The second-order valence-electron chi connectivity index (χ2n) is 3.82. The van der Waals surface area contributed by atoms with Crippen LogP contribution in [0.3, 0.4) is 0 Å². The van der Waals surface area contributed by atoms with Crippen molar-refractivity contribution in [3.8, 4) is 0 Å². The molecule has 0 aromatic carbocycles. The molecule has 0 aliphatic heterocycles. The Morgan fingerprint density at radius 3 is 2.50 bits per heavy atom. The normalized spacial score (nSPS) is 12.5. The van der Waals surface area contributed by atoms with Crippen LogP contribution < -0.4 is 11.1 Å². The number of carbonyl (C=O) groups is 2. The van der Waals surface area contributed by atoms with Crippen LogP contribution in [-0.4, -0.2) is 43.3 Å². The number of hydrogen-bond donors (Lipinski definition) is 3. The zero-order valence-electron chi connectivity index (χ0n) is 9.73. The molecule has 0 aliphatic rings. The summed E-state index contributed by atoms with van der Waals surface area (Å²) >= 11 is 0. The van der Waals surface area contributed by atoms with Gasteiger partial charge in [-0.3, -0.25) is 4.79 Å². The Morgan fingerprint density at radius 2 is 2.06 bits per heavy atom. The van der Waals surface area contributed by atoms with Crippen molar-refractivity contribution in [2.75, 3.05) is 26.3 Å². The Bertz CT molecular complexity index is 231. The minimum atomic E-state index is -1.02. The molecular formula is C10H20N2O4. The van der Waals surface area contributed by atoms with E-state index in [4.69, 9.17) is 15.6 Å². The average molecular weight is 232 g/mol. The summed E-state index contributed by atoms with van der Waals surface area (Å²) in [6.07, 6.45) is 0. The quantitative estimate of drug-likeness (QED) is 0.487. The van der Waals surface area contributed by atoms with Gasteiger partial charge in [0.15, 0.2) is 0 Å². The Morgan fingerprint density at radius 1 is 1.44 bits per heavy atom. The van der Waals surface area contributed by atoms with E-state index in [2.05, 4.69) is 5.32 Å². The van der Waals surface area contributed by atoms with Crippen LogP contribution in [0.4, 0.5) is 0 Å². The lowest BCUT2D eigenvalue weighted by Crippen LogP contribution is -2.39. The summed E-state index contributed by atoms with van der Waals surface area (Å²) in [5.74, 6) is -1.16. The monoisotopic (exact) mass is 232 g/mol. The summed E-state index contributed by atoms with van der Waals surface area (Å²) in [5, 5.41) is 10.9. The highest BCUT2D eigenvalue weighted by atomic mass is 16.5. The summed E-state index contributed by atoms with van der Waals surface area (Å²) in [6.45, 7) is 4.30. The summed E-state index contributed by atoms with van der Waals surface area (Å²) in [4.78, 5) is 21.7. The fourth-order valence-corrected chi connectivity index (χ4v) is 1.22. The Kier molecular flexibility index (Phi) is 7.49. The molecule has 0 rings (SSSR count). The Hall–Kier alpha value is -1.14. The number of hydrogen-bond acceptors (Lipinski definition) is 4. The zero-order chi connectivity index (χ0) is 12.6. The molecule has 0 saturated heterocycles. The molecular weight excluding hydrogens is 212 g/mol. The molecule has 0 aromatic rings. The van der Waals surface area contributed by atoms with E-state index in [1.165, 1.54) is 0 Å². The van der Waals surface area contributed by atoms with Crippen LogP contribution in [-0.2, 0) is 14.3 Å². The van der Waals surface area contributed by atoms with E-state index in [9.17, 15) is 9.59 Å². The van der Waals surface area contributed by atoms with Gasteiger partial charge in [-0.15, -0.1) is 0 Å². The lowest BCUT2D eigenvalue weighted by Gasteiger charge is -2.18. The number of amides is 1. The first-order valence-electron chi connectivity index (χ1n) is 5.26. The van der Waals surface area contributed by atoms with Crippen LogP contribution in [0.1, 0.15) is 13.8 Å². The Labute approximate surface area is 95.1 Å². The highest BCUT2D eigenvalue weighted by molar-refractivity contribution is 5.79. The zero-order valence-corrected chi connectivity index (χ0v) is 9.73. The lowest BCUT2D eigenvalue weighted by molar-refractivity contribution is -0.142. The highest BCUT2D eigenvalue weighted by Gasteiger charge is 2.19. The van der Waals surface area contributed by atoms with E-state index in [1.54, 1.807) is 0 Å². The second-order valence-corrected chi connectivity index (χ2v) is 3.82. The van der Waals surface area contributed by atoms with Gasteiger partial charge in [0.05, 0.1) is 12.5 Å². The molecule has 94 valence electrons. The molecule has 6 heteroatoms. The minimum absolute atomic E-state index is 0.114. The lowest BCUT2D eigenvalue weighted by atomic mass is 9.95. The van der Waals surface area contributed by atoms with E-state index in [0.29, 0.717) is 13.1 Å². The molecule has 1 amide bonds. The predicted octanol–water partition coefficient (Wildman–Crippen LogP) is -0.565. The van der Waals surface area contributed by atoms with Crippen molar-refractivity contribution >= 4 is 11.9 Å². The van der Waals surface area contributed by atoms with Crippen molar-refractivity contribution in [2.45, 2.75) is 13.8 Å². The summed E-state index contributed by atoms with van der Waals surface area (Å²) < 4.78 is 4.77. The molecule has 0 fully saturated rings. The van der Waals surface area contributed by atoms with Crippen molar-refractivity contribution in [3.63, 3.8) is 0 Å². The molecule has 16 heavy (non-hydrogen) atoms. The van der Waals surface area contributed by atoms with Gasteiger partial charge in [0, 0.05) is 13.1 Å². The number of carboxylic acid groups (broad SMARTS) is 1. The molecule has 0 aromatic heterocycles. The maximum atomic E-state index is 11.5. The molecule has 0 heterocycles. The van der Waals surface area contributed by atoms with Crippen LogP contribution in [0.15, 0.2) is 0 Å². The highest BCUT2D eigenvalue weighted by Crippen LogP contribution is 2.08. The summed E-state index contributed by atoms with van der Waals surface area (Å²) in [5.41, 5.74) is 5.47. The van der Waals surface area contributed by atoms with E-state index >= 15 is 0 Å². The topological polar surface area (TPSA) is 102 Å². The van der Waals surface area contributed by atoms with Gasteiger partial charge in [0.2, 0.25) is 5.91 Å². The average Bonchev–Trinajstić information content (AvgIpc) is 2.17. The van der Waals surface area contributed by atoms with Crippen molar-refractivity contribution in [1.82, 2.24) is 5.32 Å². The molecule has 0 spiro atoms. The standard InChI is InChI=1S/C10H20N2O4/c1-7(2)8(5-11)10(15)12-3-4-16-6-9(13)14/h7-8H,3-6,11H2,1-2H3,(H,12,15)(H,13,14). The third-order valence-corrected chi connectivity index (χ3v) is 2.17. The summed E-state index contributed by atoms with van der Waals surface area (Å²) in [7, 11) is 0. The van der Waals surface area contributed by atoms with Gasteiger partial charge in [-0.05, 0) is 5.92 Å². The smallest absolute Gasteiger partial charge is 0.329 e. The fourth-order valence-electron chi connectivity index (χ4n) is 1.22. The van der Waals surface area contributed by atoms with Crippen LogP contribution >= 0.6 is 0 Å². The van der Waals surface area contributed by atoms with Gasteiger partial charge in [0.1, 0.15) is 6.61 Å².